The van der Waals surface area contributed by atoms with Crippen LogP contribution < -0.4 is 10.6 Å². The van der Waals surface area contributed by atoms with Crippen molar-refractivity contribution in [3.63, 3.8) is 0 Å². The lowest BCUT2D eigenvalue weighted by atomic mass is 9.96. The van der Waals surface area contributed by atoms with Gasteiger partial charge in [0.2, 0.25) is 5.91 Å². The third-order valence-corrected chi connectivity index (χ3v) is 11.1. The average Bonchev–Trinajstić information content (AvgIpc) is 4.14. The first-order chi connectivity index (χ1) is 30.5. The van der Waals surface area contributed by atoms with Crippen LogP contribution in [0.1, 0.15) is 86.1 Å². The third-order valence-electron chi connectivity index (χ3n) is 11.1. The number of hydrogen-bond donors (Lipinski definition) is 4. The van der Waals surface area contributed by atoms with E-state index in [0.29, 0.717) is 71.2 Å². The van der Waals surface area contributed by atoms with Crippen molar-refractivity contribution in [2.45, 2.75) is 63.7 Å². The summed E-state index contributed by atoms with van der Waals surface area (Å²) in [5.74, 6) is 9.88. The van der Waals surface area contributed by atoms with Gasteiger partial charge < -0.3 is 39.9 Å². The molecule has 0 unspecified atom stereocenters. The molecule has 0 bridgehead atoms. The number of amides is 4. The highest BCUT2D eigenvalue weighted by molar-refractivity contribution is 5.88. The molecule has 2 saturated heterocycles. The number of imidazole rings is 2. The number of carbonyl (C=O) groups is 4. The zero-order valence-electron chi connectivity index (χ0n) is 35.1. The fourth-order valence-electron chi connectivity index (χ4n) is 7.96. The fraction of sp³-hybridized carbons (Fsp3) is 0.319. The maximum atomic E-state index is 15.4. The van der Waals surface area contributed by atoms with Crippen LogP contribution in [0.25, 0.3) is 22.4 Å². The topological polar surface area (TPSA) is 175 Å². The van der Waals surface area contributed by atoms with E-state index in [2.05, 4.69) is 54.3 Å². The van der Waals surface area contributed by atoms with E-state index in [-0.39, 0.29) is 35.4 Å². The monoisotopic (exact) mass is 856 g/mol. The normalized spacial score (nSPS) is 16.6. The standard InChI is InChI=1S/C47H46F2N8O6/c1-28(2)40(54-46(60)62-3)44(58)56-23-12-20-38(56)43-51-27-36(53-43)31-22-21-29(34(25-31)33-17-10-18-35(48)39(33)49)13-8-9-16-32-26-50-42(52-32)37-19-11-24-57(37)45(59)41(55-47(61)63-4)30-14-6-5-7-15-30/h5-7,10,14-15,17-18,21-22,25-28,37-38,40-41H,11-12,19-20,23-24H2,1-4H3,(H,50,52)(H,51,53)(H,54,60)(H,55,61)/t37-,38-,40-,41+/m0/s1. The number of aromatic nitrogens is 4. The summed E-state index contributed by atoms with van der Waals surface area (Å²) >= 11 is 0. The number of benzene rings is 3. The molecular formula is C47H46F2N8O6. The van der Waals surface area contributed by atoms with E-state index in [1.807, 2.05) is 19.9 Å². The maximum Gasteiger partial charge on any atom is 0.407 e. The van der Waals surface area contributed by atoms with Crippen molar-refractivity contribution in [2.24, 2.45) is 5.92 Å². The van der Waals surface area contributed by atoms with E-state index >= 15 is 4.39 Å². The van der Waals surface area contributed by atoms with Gasteiger partial charge in [-0.15, -0.1) is 0 Å². The summed E-state index contributed by atoms with van der Waals surface area (Å²) in [6.45, 7) is 4.64. The van der Waals surface area contributed by atoms with Crippen molar-refractivity contribution >= 4 is 24.0 Å². The molecule has 2 aliphatic rings. The van der Waals surface area contributed by atoms with Gasteiger partial charge in [-0.05, 0) is 73.1 Å². The Hall–Kier alpha value is -7.46. The quantitative estimate of drug-likeness (QED) is 0.109. The minimum Gasteiger partial charge on any atom is -0.453 e. The molecule has 7 rings (SSSR count). The number of H-pyrrole nitrogens is 2. The van der Waals surface area contributed by atoms with E-state index in [4.69, 9.17) is 9.47 Å². The number of rotatable bonds is 10. The summed E-state index contributed by atoms with van der Waals surface area (Å²) in [7, 11) is 2.48. The van der Waals surface area contributed by atoms with Crippen LogP contribution in [0.15, 0.2) is 79.1 Å². The minimum atomic E-state index is -1.03. The van der Waals surface area contributed by atoms with Gasteiger partial charge in [-0.25, -0.2) is 28.3 Å². The van der Waals surface area contributed by atoms with E-state index in [0.717, 1.165) is 18.9 Å². The Morgan fingerprint density at radius 1 is 0.762 bits per heavy atom. The van der Waals surface area contributed by atoms with Gasteiger partial charge in [0.1, 0.15) is 29.4 Å². The molecule has 14 nitrogen and oxygen atoms in total. The van der Waals surface area contributed by atoms with Gasteiger partial charge >= 0.3 is 12.2 Å². The van der Waals surface area contributed by atoms with Gasteiger partial charge in [-0.1, -0.05) is 68.3 Å². The van der Waals surface area contributed by atoms with E-state index < -0.39 is 35.9 Å². The van der Waals surface area contributed by atoms with Crippen molar-refractivity contribution in [3.8, 4) is 46.1 Å². The molecule has 4 N–H and O–H groups in total. The molecule has 4 atom stereocenters. The van der Waals surface area contributed by atoms with E-state index in [9.17, 15) is 23.6 Å². The van der Waals surface area contributed by atoms with Crippen molar-refractivity contribution < 1.29 is 37.4 Å². The highest BCUT2D eigenvalue weighted by Gasteiger charge is 2.39. The lowest BCUT2D eigenvalue weighted by molar-refractivity contribution is -0.135. The number of likely N-dealkylation sites (tertiary alicyclic amines) is 2. The summed E-state index contributed by atoms with van der Waals surface area (Å²) in [6.07, 6.45) is 4.53. The number of aromatic amines is 2. The van der Waals surface area contributed by atoms with Crippen LogP contribution >= 0.6 is 0 Å². The van der Waals surface area contributed by atoms with Gasteiger partial charge in [0.25, 0.3) is 5.91 Å². The summed E-state index contributed by atoms with van der Waals surface area (Å²) in [6, 6.07) is 15.5. The molecule has 0 radical (unpaired) electrons. The molecule has 0 saturated carbocycles. The van der Waals surface area contributed by atoms with Gasteiger partial charge in [-0.3, -0.25) is 9.59 Å². The Bertz CT molecular complexity index is 2620. The maximum absolute atomic E-state index is 15.4. The molecule has 0 aliphatic carbocycles. The van der Waals surface area contributed by atoms with Crippen LogP contribution in [0.4, 0.5) is 18.4 Å². The van der Waals surface area contributed by atoms with Crippen molar-refractivity contribution in [1.29, 1.82) is 0 Å². The van der Waals surface area contributed by atoms with Gasteiger partial charge in [0.05, 0.1) is 44.4 Å². The van der Waals surface area contributed by atoms with Crippen LogP contribution in [0.3, 0.4) is 0 Å². The lowest BCUT2D eigenvalue weighted by Crippen LogP contribution is -2.51. The van der Waals surface area contributed by atoms with Crippen LogP contribution in [-0.2, 0) is 19.1 Å². The van der Waals surface area contributed by atoms with Crippen LogP contribution in [0, 0.1) is 41.2 Å². The van der Waals surface area contributed by atoms with Crippen molar-refractivity contribution in [1.82, 2.24) is 40.4 Å². The Kier molecular flexibility index (Phi) is 13.5. The second-order valence-corrected chi connectivity index (χ2v) is 15.4. The molecule has 2 fully saturated rings. The molecule has 16 heteroatoms. The Balaban J connectivity index is 1.11. The third kappa shape index (κ3) is 9.71. The molecule has 2 aliphatic heterocycles. The minimum absolute atomic E-state index is 0.00408. The lowest BCUT2D eigenvalue weighted by Gasteiger charge is -2.30. The zero-order chi connectivity index (χ0) is 44.6. The number of nitrogens with zero attached hydrogens (tertiary/aromatic N) is 4. The van der Waals surface area contributed by atoms with Crippen molar-refractivity contribution in [2.75, 3.05) is 27.3 Å². The molecule has 4 amide bonds. The van der Waals surface area contributed by atoms with Crippen LogP contribution in [0.5, 0.6) is 0 Å². The predicted octanol–water partition coefficient (Wildman–Crippen LogP) is 6.95. The number of methoxy groups -OCH3 is 2. The molecule has 63 heavy (non-hydrogen) atoms. The first-order valence-corrected chi connectivity index (χ1v) is 20.5. The Labute approximate surface area is 363 Å². The van der Waals surface area contributed by atoms with Crippen LogP contribution in [0.2, 0.25) is 0 Å². The number of carbonyl (C=O) groups excluding carboxylic acids is 4. The Morgan fingerprint density at radius 3 is 2.11 bits per heavy atom. The van der Waals surface area contributed by atoms with Gasteiger partial charge in [0.15, 0.2) is 11.6 Å². The largest absolute Gasteiger partial charge is 0.453 e. The predicted molar refractivity (Wildman–Crippen MR) is 228 cm³/mol. The first-order valence-electron chi connectivity index (χ1n) is 20.5. The average molecular weight is 857 g/mol. The summed E-state index contributed by atoms with van der Waals surface area (Å²) in [4.78, 5) is 70.8. The zero-order valence-corrected chi connectivity index (χ0v) is 35.1. The summed E-state index contributed by atoms with van der Waals surface area (Å²) in [5, 5.41) is 5.30. The molecular weight excluding hydrogens is 811 g/mol. The number of hydrogen-bond acceptors (Lipinski definition) is 8. The SMILES string of the molecule is COC(=O)N[C@H](C(=O)N1CCC[C@H]1c1ncc(-c2ccc(C#CC#Cc3cnc([C@@H]4CCCN4C(=O)[C@H](NC(=O)OC)c4ccccc4)[nH]3)c(-c3cccc(F)c3F)c2)[nH]1)C(C)C. The van der Waals surface area contributed by atoms with E-state index in [1.54, 1.807) is 64.7 Å². The number of halogens is 2. The number of nitrogens with one attached hydrogen (secondary N) is 4. The second kappa shape index (κ2) is 19.5. The van der Waals surface area contributed by atoms with Crippen LogP contribution in [-0.4, -0.2) is 87.1 Å². The molecule has 0 spiro atoms. The van der Waals surface area contributed by atoms with Gasteiger partial charge in [0, 0.05) is 35.3 Å². The molecule has 4 heterocycles. The summed E-state index contributed by atoms with van der Waals surface area (Å²) < 4.78 is 39.5. The number of ether oxygens (including phenoxy) is 2. The molecule has 3 aromatic carbocycles. The fourth-order valence-corrected chi connectivity index (χ4v) is 7.96. The molecule has 2 aromatic heterocycles. The highest BCUT2D eigenvalue weighted by Crippen LogP contribution is 2.36. The smallest absolute Gasteiger partial charge is 0.407 e. The van der Waals surface area contributed by atoms with E-state index in [1.165, 1.54) is 26.4 Å². The van der Waals surface area contributed by atoms with Gasteiger partial charge in [-0.2, -0.15) is 0 Å². The molecule has 324 valence electrons. The first kappa shape index (κ1) is 43.6. The summed E-state index contributed by atoms with van der Waals surface area (Å²) in [5.41, 5.74) is 2.99. The highest BCUT2D eigenvalue weighted by atomic mass is 19.2. The number of alkyl carbamates (subject to hydrolysis) is 2. The second-order valence-electron chi connectivity index (χ2n) is 15.4. The molecule has 5 aromatic rings. The van der Waals surface area contributed by atoms with Crippen molar-refractivity contribution in [3.05, 3.63) is 119 Å². The Morgan fingerprint density at radius 2 is 1.41 bits per heavy atom.